The van der Waals surface area contributed by atoms with Crippen LogP contribution in [0.2, 0.25) is 0 Å². The van der Waals surface area contributed by atoms with Crippen LogP contribution in [0.3, 0.4) is 0 Å². The topological polar surface area (TPSA) is 9.23 Å². The number of methoxy groups -OCH3 is 1. The SMILES string of the molecule is CO[C@@H]1CC[C@@]2(C)[C@@H](CC[C@H]3[C@H]2CC[C@]2(C)CCC[C@@H]32)C1. The lowest BCUT2D eigenvalue weighted by Crippen LogP contribution is -2.53. The van der Waals surface area contributed by atoms with Gasteiger partial charge in [-0.05, 0) is 92.3 Å². The van der Waals surface area contributed by atoms with Crippen LogP contribution in [0.15, 0.2) is 0 Å². The van der Waals surface area contributed by atoms with Gasteiger partial charge in [-0.1, -0.05) is 20.3 Å². The Labute approximate surface area is 131 Å². The summed E-state index contributed by atoms with van der Waals surface area (Å²) in [5.41, 5.74) is 1.36. The van der Waals surface area contributed by atoms with Crippen molar-refractivity contribution >= 4 is 0 Å². The van der Waals surface area contributed by atoms with Crippen LogP contribution in [0, 0.1) is 34.5 Å². The van der Waals surface area contributed by atoms with Gasteiger partial charge >= 0.3 is 0 Å². The lowest BCUT2D eigenvalue weighted by Gasteiger charge is -2.60. The van der Waals surface area contributed by atoms with Crippen molar-refractivity contribution in [2.45, 2.75) is 84.2 Å². The van der Waals surface area contributed by atoms with Gasteiger partial charge in [0.1, 0.15) is 0 Å². The van der Waals surface area contributed by atoms with E-state index < -0.39 is 0 Å². The van der Waals surface area contributed by atoms with Crippen molar-refractivity contribution in [3.63, 3.8) is 0 Å². The van der Waals surface area contributed by atoms with Crippen molar-refractivity contribution in [3.05, 3.63) is 0 Å². The van der Waals surface area contributed by atoms with Gasteiger partial charge in [0, 0.05) is 7.11 Å². The molecule has 0 aromatic heterocycles. The van der Waals surface area contributed by atoms with Gasteiger partial charge in [-0.15, -0.1) is 0 Å². The minimum atomic E-state index is 0.556. The van der Waals surface area contributed by atoms with E-state index in [-0.39, 0.29) is 0 Å². The Morgan fingerprint density at radius 3 is 2.52 bits per heavy atom. The lowest BCUT2D eigenvalue weighted by atomic mass is 9.45. The molecule has 0 unspecified atom stereocenters. The van der Waals surface area contributed by atoms with Crippen LogP contribution in [-0.4, -0.2) is 13.2 Å². The highest BCUT2D eigenvalue weighted by atomic mass is 16.5. The van der Waals surface area contributed by atoms with E-state index in [1.807, 2.05) is 7.11 Å². The molecule has 4 saturated carbocycles. The normalized spacial score (nSPS) is 56.4. The van der Waals surface area contributed by atoms with Crippen LogP contribution in [-0.2, 0) is 4.74 Å². The van der Waals surface area contributed by atoms with Crippen molar-refractivity contribution < 1.29 is 4.74 Å². The summed E-state index contributed by atoms with van der Waals surface area (Å²) in [5.74, 6) is 4.11. The second kappa shape index (κ2) is 4.98. The molecule has 120 valence electrons. The molecular weight excluding hydrogens is 256 g/mol. The summed E-state index contributed by atoms with van der Waals surface area (Å²) in [6.45, 7) is 5.29. The summed E-state index contributed by atoms with van der Waals surface area (Å²) in [5, 5.41) is 0. The first-order chi connectivity index (χ1) is 10.1. The van der Waals surface area contributed by atoms with Gasteiger partial charge in [0.2, 0.25) is 0 Å². The van der Waals surface area contributed by atoms with Gasteiger partial charge in [0.15, 0.2) is 0 Å². The summed E-state index contributed by atoms with van der Waals surface area (Å²) in [7, 11) is 1.92. The van der Waals surface area contributed by atoms with Crippen LogP contribution in [0.4, 0.5) is 0 Å². The number of rotatable bonds is 1. The molecule has 4 rings (SSSR count). The molecule has 0 aromatic carbocycles. The Morgan fingerprint density at radius 2 is 1.71 bits per heavy atom. The van der Waals surface area contributed by atoms with Gasteiger partial charge in [0.05, 0.1) is 6.10 Å². The Balaban J connectivity index is 1.59. The van der Waals surface area contributed by atoms with Crippen molar-refractivity contribution in [2.24, 2.45) is 34.5 Å². The molecule has 1 nitrogen and oxygen atoms in total. The van der Waals surface area contributed by atoms with E-state index >= 15 is 0 Å². The third-order valence-electron chi connectivity index (χ3n) is 8.73. The molecule has 0 N–H and O–H groups in total. The standard InChI is InChI=1S/C20H34O/c1-19-10-4-5-17(19)16-7-6-14-13-15(21-3)8-12-20(14,2)18(16)9-11-19/h14-18H,4-13H2,1-3H3/t14-,15+,16+,17-,18+,19-,20-/m0/s1. The van der Waals surface area contributed by atoms with Crippen LogP contribution in [0.25, 0.3) is 0 Å². The van der Waals surface area contributed by atoms with E-state index in [4.69, 9.17) is 4.74 Å². The van der Waals surface area contributed by atoms with Gasteiger partial charge in [-0.25, -0.2) is 0 Å². The number of ether oxygens (including phenoxy) is 1. The van der Waals surface area contributed by atoms with E-state index in [0.717, 1.165) is 23.7 Å². The highest BCUT2D eigenvalue weighted by Gasteiger charge is 2.57. The first-order valence-electron chi connectivity index (χ1n) is 9.60. The van der Waals surface area contributed by atoms with Crippen molar-refractivity contribution in [3.8, 4) is 0 Å². The lowest BCUT2D eigenvalue weighted by molar-refractivity contribution is -0.125. The highest BCUT2D eigenvalue weighted by Crippen LogP contribution is 2.66. The monoisotopic (exact) mass is 290 g/mol. The van der Waals surface area contributed by atoms with Crippen LogP contribution in [0.5, 0.6) is 0 Å². The third kappa shape index (κ3) is 2.06. The van der Waals surface area contributed by atoms with E-state index in [2.05, 4.69) is 13.8 Å². The predicted octanol–water partition coefficient (Wildman–Crippen LogP) is 5.43. The Hall–Kier alpha value is -0.0400. The summed E-state index contributed by atoms with van der Waals surface area (Å²) in [6, 6.07) is 0. The maximum absolute atomic E-state index is 5.71. The second-order valence-corrected chi connectivity index (χ2v) is 9.37. The van der Waals surface area contributed by atoms with Crippen molar-refractivity contribution in [2.75, 3.05) is 7.11 Å². The molecule has 21 heavy (non-hydrogen) atoms. The van der Waals surface area contributed by atoms with Gasteiger partial charge in [0.25, 0.3) is 0 Å². The molecule has 1 heteroatoms. The fourth-order valence-electron chi connectivity index (χ4n) is 7.43. The molecule has 4 aliphatic rings. The molecule has 0 radical (unpaired) electrons. The molecule has 0 amide bonds. The smallest absolute Gasteiger partial charge is 0.0574 e. The van der Waals surface area contributed by atoms with Crippen LogP contribution in [0.1, 0.15) is 78.1 Å². The van der Waals surface area contributed by atoms with E-state index in [9.17, 15) is 0 Å². The second-order valence-electron chi connectivity index (χ2n) is 9.37. The largest absolute Gasteiger partial charge is 0.381 e. The third-order valence-corrected chi connectivity index (χ3v) is 8.73. The predicted molar refractivity (Wildman–Crippen MR) is 87.1 cm³/mol. The Bertz CT molecular complexity index is 405. The summed E-state index contributed by atoms with van der Waals surface area (Å²) >= 11 is 0. The van der Waals surface area contributed by atoms with Gasteiger partial charge in [-0.3, -0.25) is 0 Å². The van der Waals surface area contributed by atoms with E-state index in [1.54, 1.807) is 6.42 Å². The summed E-state index contributed by atoms with van der Waals surface area (Å²) in [4.78, 5) is 0. The maximum atomic E-state index is 5.71. The van der Waals surface area contributed by atoms with E-state index in [1.165, 1.54) is 57.8 Å². The molecule has 7 atom stereocenters. The maximum Gasteiger partial charge on any atom is 0.0574 e. The minimum absolute atomic E-state index is 0.556. The number of fused-ring (bicyclic) bond motifs is 5. The number of hydrogen-bond donors (Lipinski definition) is 0. The zero-order valence-electron chi connectivity index (χ0n) is 14.4. The first-order valence-corrected chi connectivity index (χ1v) is 9.60. The molecule has 0 spiro atoms. The molecule has 0 heterocycles. The molecule has 0 aromatic rings. The van der Waals surface area contributed by atoms with Crippen molar-refractivity contribution in [1.29, 1.82) is 0 Å². The average Bonchev–Trinajstić information content (AvgIpc) is 2.88. The van der Waals surface area contributed by atoms with Crippen LogP contribution >= 0.6 is 0 Å². The van der Waals surface area contributed by atoms with Crippen LogP contribution < -0.4 is 0 Å². The average molecular weight is 290 g/mol. The minimum Gasteiger partial charge on any atom is -0.381 e. The molecule has 0 aliphatic heterocycles. The van der Waals surface area contributed by atoms with E-state index in [0.29, 0.717) is 16.9 Å². The molecule has 4 aliphatic carbocycles. The zero-order chi connectivity index (χ0) is 14.7. The van der Waals surface area contributed by atoms with Gasteiger partial charge < -0.3 is 4.74 Å². The van der Waals surface area contributed by atoms with Crippen molar-refractivity contribution in [1.82, 2.24) is 0 Å². The molecule has 0 saturated heterocycles. The summed E-state index contributed by atoms with van der Waals surface area (Å²) in [6.07, 6.45) is 15.3. The molecular formula is C20H34O. The fourth-order valence-corrected chi connectivity index (χ4v) is 7.43. The highest BCUT2D eigenvalue weighted by molar-refractivity contribution is 5.07. The summed E-state index contributed by atoms with van der Waals surface area (Å²) < 4.78 is 5.71. The molecule has 4 fully saturated rings. The number of hydrogen-bond acceptors (Lipinski definition) is 1. The molecule has 0 bridgehead atoms. The van der Waals surface area contributed by atoms with Gasteiger partial charge in [-0.2, -0.15) is 0 Å². The quantitative estimate of drug-likeness (QED) is 0.625. The zero-order valence-corrected chi connectivity index (χ0v) is 14.4. The Kier molecular flexibility index (Phi) is 3.45. The Morgan fingerprint density at radius 1 is 0.857 bits per heavy atom. The first kappa shape index (κ1) is 14.5. The fraction of sp³-hybridized carbons (Fsp3) is 1.00.